The van der Waals surface area contributed by atoms with E-state index in [1.807, 2.05) is 0 Å². The number of hydrogen-bond acceptors (Lipinski definition) is 4. The summed E-state index contributed by atoms with van der Waals surface area (Å²) in [5, 5.41) is 9.31. The molecule has 1 rings (SSSR count). The van der Waals surface area contributed by atoms with E-state index in [0.717, 1.165) is 0 Å². The highest BCUT2D eigenvalue weighted by Crippen LogP contribution is 2.28. The van der Waals surface area contributed by atoms with Crippen LogP contribution in [-0.4, -0.2) is 25.3 Å². The minimum absolute atomic E-state index is 0.00157. The van der Waals surface area contributed by atoms with Crippen LogP contribution < -0.4 is 4.74 Å². The Labute approximate surface area is 75.7 Å². The number of benzene rings is 1. The zero-order valence-corrected chi connectivity index (χ0v) is 7.19. The molecule has 0 amide bonds. The van der Waals surface area contributed by atoms with Gasteiger partial charge in [-0.15, -0.1) is 0 Å². The molecule has 0 atom stereocenters. The maximum Gasteiger partial charge on any atom is 0.188 e. The smallest absolute Gasteiger partial charge is 0.188 e. The van der Waals surface area contributed by atoms with Gasteiger partial charge >= 0.3 is 0 Å². The Morgan fingerprint density at radius 2 is 2.31 bits per heavy atom. The fourth-order valence-electron chi connectivity index (χ4n) is 0.910. The third kappa shape index (κ3) is 2.19. The van der Waals surface area contributed by atoms with E-state index < -0.39 is 0 Å². The zero-order chi connectivity index (χ0) is 9.68. The molecule has 0 spiro atoms. The molecule has 1 aromatic carbocycles. The molecule has 0 fully saturated rings. The fraction of sp³-hybridized carbons (Fsp3) is 0.222. The number of phenols is 1. The number of carbonyl (C=O) groups excluding carboxylic acids is 1. The molecule has 70 valence electrons. The monoisotopic (exact) mass is 182 g/mol. The number of aldehydes is 1. The summed E-state index contributed by atoms with van der Waals surface area (Å²) in [4.78, 5) is 10.5. The number of methoxy groups -OCH3 is 1. The summed E-state index contributed by atoms with van der Waals surface area (Å²) < 4.78 is 9.66. The van der Waals surface area contributed by atoms with Gasteiger partial charge in [0.05, 0.1) is 5.56 Å². The minimum atomic E-state index is -0.0679. The molecule has 0 bridgehead atoms. The predicted molar refractivity (Wildman–Crippen MR) is 46.0 cm³/mol. The van der Waals surface area contributed by atoms with Gasteiger partial charge in [0.2, 0.25) is 0 Å². The molecule has 0 radical (unpaired) electrons. The summed E-state index contributed by atoms with van der Waals surface area (Å²) in [6.45, 7) is -0.00157. The van der Waals surface area contributed by atoms with Gasteiger partial charge < -0.3 is 14.6 Å². The first-order valence-electron chi connectivity index (χ1n) is 3.68. The Hall–Kier alpha value is -1.55. The summed E-state index contributed by atoms with van der Waals surface area (Å²) in [5.74, 6) is 0.0843. The molecule has 0 saturated heterocycles. The third-order valence-corrected chi connectivity index (χ3v) is 1.47. The Kier molecular flexibility index (Phi) is 3.28. The van der Waals surface area contributed by atoms with Crippen LogP contribution in [0.1, 0.15) is 10.4 Å². The van der Waals surface area contributed by atoms with Crippen LogP contribution in [0, 0.1) is 0 Å². The van der Waals surface area contributed by atoms with Crippen molar-refractivity contribution in [2.24, 2.45) is 0 Å². The normalized spacial score (nSPS) is 9.62. The molecule has 13 heavy (non-hydrogen) atoms. The second-order valence-corrected chi connectivity index (χ2v) is 2.36. The van der Waals surface area contributed by atoms with E-state index in [9.17, 15) is 9.90 Å². The summed E-state index contributed by atoms with van der Waals surface area (Å²) >= 11 is 0. The van der Waals surface area contributed by atoms with E-state index in [4.69, 9.17) is 4.74 Å². The summed E-state index contributed by atoms with van der Waals surface area (Å²) in [6, 6.07) is 4.56. The molecule has 0 aliphatic heterocycles. The summed E-state index contributed by atoms with van der Waals surface area (Å²) in [5.41, 5.74) is 0.303. The van der Waals surface area contributed by atoms with Gasteiger partial charge in [-0.3, -0.25) is 4.79 Å². The van der Waals surface area contributed by atoms with Crippen molar-refractivity contribution in [1.29, 1.82) is 0 Å². The second-order valence-electron chi connectivity index (χ2n) is 2.36. The van der Waals surface area contributed by atoms with Crippen molar-refractivity contribution in [1.82, 2.24) is 0 Å². The molecule has 0 aliphatic rings. The third-order valence-electron chi connectivity index (χ3n) is 1.47. The van der Waals surface area contributed by atoms with Crippen LogP contribution in [0.3, 0.4) is 0 Å². The first-order valence-corrected chi connectivity index (χ1v) is 3.68. The maximum absolute atomic E-state index is 10.5. The number of carbonyl (C=O) groups is 1. The van der Waals surface area contributed by atoms with Gasteiger partial charge in [-0.1, -0.05) is 6.07 Å². The fourth-order valence-corrected chi connectivity index (χ4v) is 0.910. The van der Waals surface area contributed by atoms with Gasteiger partial charge in [0, 0.05) is 7.11 Å². The largest absolute Gasteiger partial charge is 0.504 e. The lowest BCUT2D eigenvalue weighted by molar-refractivity contribution is 0.0486. The van der Waals surface area contributed by atoms with Gasteiger partial charge in [0.1, 0.15) is 0 Å². The van der Waals surface area contributed by atoms with Crippen LogP contribution >= 0.6 is 0 Å². The molecule has 0 unspecified atom stereocenters. The van der Waals surface area contributed by atoms with E-state index in [0.29, 0.717) is 11.8 Å². The molecular formula is C9H10O4. The standard InChI is InChI=1S/C9H10O4/c1-12-6-13-9-7(5-10)3-2-4-8(9)11/h2-5,11H,6H2,1H3. The Morgan fingerprint density at radius 3 is 2.92 bits per heavy atom. The predicted octanol–water partition coefficient (Wildman–Crippen LogP) is 1.19. The Bertz CT molecular complexity index is 296. The molecule has 4 heteroatoms. The highest BCUT2D eigenvalue weighted by Gasteiger charge is 2.07. The molecular weight excluding hydrogens is 172 g/mol. The molecule has 0 heterocycles. The van der Waals surface area contributed by atoms with Gasteiger partial charge in [-0.25, -0.2) is 0 Å². The second kappa shape index (κ2) is 4.47. The van der Waals surface area contributed by atoms with E-state index in [1.165, 1.54) is 13.2 Å². The number of para-hydroxylation sites is 1. The first kappa shape index (κ1) is 9.54. The number of ether oxygens (including phenoxy) is 2. The van der Waals surface area contributed by atoms with Crippen molar-refractivity contribution in [2.75, 3.05) is 13.9 Å². The lowest BCUT2D eigenvalue weighted by atomic mass is 10.2. The average molecular weight is 182 g/mol. The summed E-state index contributed by atoms with van der Waals surface area (Å²) in [7, 11) is 1.46. The number of rotatable bonds is 4. The molecule has 1 N–H and O–H groups in total. The van der Waals surface area contributed by atoms with Crippen LogP contribution in [0.15, 0.2) is 18.2 Å². The lowest BCUT2D eigenvalue weighted by Gasteiger charge is -2.08. The van der Waals surface area contributed by atoms with Crippen LogP contribution in [0.2, 0.25) is 0 Å². The van der Waals surface area contributed by atoms with E-state index in [-0.39, 0.29) is 18.3 Å². The highest BCUT2D eigenvalue weighted by molar-refractivity contribution is 5.80. The van der Waals surface area contributed by atoms with Crippen molar-refractivity contribution in [3.05, 3.63) is 23.8 Å². The Balaban J connectivity index is 2.93. The van der Waals surface area contributed by atoms with Crippen molar-refractivity contribution in [3.63, 3.8) is 0 Å². The topological polar surface area (TPSA) is 55.8 Å². The van der Waals surface area contributed by atoms with Crippen molar-refractivity contribution >= 4 is 6.29 Å². The van der Waals surface area contributed by atoms with Crippen molar-refractivity contribution in [2.45, 2.75) is 0 Å². The SMILES string of the molecule is COCOc1c(O)cccc1C=O. The Morgan fingerprint density at radius 1 is 1.54 bits per heavy atom. The van der Waals surface area contributed by atoms with Crippen molar-refractivity contribution < 1.29 is 19.4 Å². The summed E-state index contributed by atoms with van der Waals surface area (Å²) in [6.07, 6.45) is 0.616. The van der Waals surface area contributed by atoms with Crippen LogP contribution in [0.5, 0.6) is 11.5 Å². The van der Waals surface area contributed by atoms with Crippen molar-refractivity contribution in [3.8, 4) is 11.5 Å². The number of hydrogen-bond donors (Lipinski definition) is 1. The maximum atomic E-state index is 10.5. The molecule has 0 aliphatic carbocycles. The number of aromatic hydroxyl groups is 1. The van der Waals surface area contributed by atoms with Crippen LogP contribution in [-0.2, 0) is 4.74 Å². The minimum Gasteiger partial charge on any atom is -0.504 e. The van der Waals surface area contributed by atoms with Crippen LogP contribution in [0.4, 0.5) is 0 Å². The van der Waals surface area contributed by atoms with E-state index in [2.05, 4.69) is 4.74 Å². The molecule has 4 nitrogen and oxygen atoms in total. The van der Waals surface area contributed by atoms with E-state index in [1.54, 1.807) is 12.1 Å². The quantitative estimate of drug-likeness (QED) is 0.561. The van der Waals surface area contributed by atoms with Gasteiger partial charge in [-0.2, -0.15) is 0 Å². The molecule has 1 aromatic rings. The van der Waals surface area contributed by atoms with E-state index >= 15 is 0 Å². The first-order chi connectivity index (χ1) is 6.29. The van der Waals surface area contributed by atoms with Crippen LogP contribution in [0.25, 0.3) is 0 Å². The average Bonchev–Trinajstić information content (AvgIpc) is 2.15. The highest BCUT2D eigenvalue weighted by atomic mass is 16.7. The lowest BCUT2D eigenvalue weighted by Crippen LogP contribution is -2.01. The number of phenolic OH excluding ortho intramolecular Hbond substituents is 1. The van der Waals surface area contributed by atoms with Gasteiger partial charge in [0.15, 0.2) is 24.6 Å². The zero-order valence-electron chi connectivity index (χ0n) is 7.19. The molecule has 0 saturated carbocycles. The van der Waals surface area contributed by atoms with Gasteiger partial charge in [0.25, 0.3) is 0 Å². The molecule has 0 aromatic heterocycles. The van der Waals surface area contributed by atoms with Gasteiger partial charge in [-0.05, 0) is 12.1 Å².